The summed E-state index contributed by atoms with van der Waals surface area (Å²) in [5.74, 6) is 0.340. The Morgan fingerprint density at radius 3 is 3.05 bits per heavy atom. The average molecular weight is 306 g/mol. The van der Waals surface area contributed by atoms with Gasteiger partial charge in [-0.15, -0.1) is 11.3 Å². The van der Waals surface area contributed by atoms with E-state index in [2.05, 4.69) is 10.3 Å². The molecule has 2 aromatic rings. The maximum atomic E-state index is 12.1. The zero-order valence-electron chi connectivity index (χ0n) is 12.0. The second kappa shape index (κ2) is 7.19. The third-order valence-electron chi connectivity index (χ3n) is 2.98. The van der Waals surface area contributed by atoms with Gasteiger partial charge >= 0.3 is 0 Å². The zero-order valence-corrected chi connectivity index (χ0v) is 12.8. The number of aromatic nitrogens is 1. The first-order chi connectivity index (χ1) is 10.1. The van der Waals surface area contributed by atoms with E-state index in [1.165, 1.54) is 11.3 Å². The number of aliphatic hydroxyl groups excluding tert-OH is 1. The quantitative estimate of drug-likeness (QED) is 0.860. The maximum absolute atomic E-state index is 12.1. The fourth-order valence-corrected chi connectivity index (χ4v) is 2.59. The van der Waals surface area contributed by atoms with E-state index in [-0.39, 0.29) is 12.5 Å². The third kappa shape index (κ3) is 4.03. The maximum Gasteiger partial charge on any atom is 0.265 e. The number of aryl methyl sites for hydroxylation is 1. The Kier molecular flexibility index (Phi) is 5.30. The number of amides is 1. The van der Waals surface area contributed by atoms with Crippen LogP contribution in [0, 0.1) is 0 Å². The summed E-state index contributed by atoms with van der Waals surface area (Å²) in [5, 5.41) is 12.7. The molecule has 6 heteroatoms. The molecule has 1 aromatic carbocycles. The fourth-order valence-electron chi connectivity index (χ4n) is 1.81. The fraction of sp³-hybridized carbons (Fsp3) is 0.333. The molecule has 2 N–H and O–H groups in total. The summed E-state index contributed by atoms with van der Waals surface area (Å²) >= 11 is 1.40. The van der Waals surface area contributed by atoms with Crippen LogP contribution in [0.4, 0.5) is 5.00 Å². The van der Waals surface area contributed by atoms with Gasteiger partial charge in [0, 0.05) is 0 Å². The molecule has 0 aliphatic carbocycles. The van der Waals surface area contributed by atoms with Gasteiger partial charge in [0.05, 0.1) is 17.8 Å². The molecule has 1 amide bonds. The summed E-state index contributed by atoms with van der Waals surface area (Å²) in [6.45, 7) is 3.62. The number of aliphatic hydroxyl groups is 1. The molecule has 1 heterocycles. The molecule has 112 valence electrons. The van der Waals surface area contributed by atoms with E-state index in [1.807, 2.05) is 6.92 Å². The topological polar surface area (TPSA) is 71.5 Å². The van der Waals surface area contributed by atoms with Crippen LogP contribution in [0.1, 0.15) is 25.1 Å². The van der Waals surface area contributed by atoms with E-state index in [0.717, 1.165) is 22.7 Å². The van der Waals surface area contributed by atoms with Gasteiger partial charge in [-0.25, -0.2) is 4.98 Å². The number of nitrogens with zero attached hydrogens (tertiary/aromatic N) is 1. The normalized spacial score (nSPS) is 12.0. The molecule has 1 aromatic heterocycles. The van der Waals surface area contributed by atoms with Gasteiger partial charge in [0.1, 0.15) is 10.8 Å². The first kappa shape index (κ1) is 15.5. The summed E-state index contributed by atoms with van der Waals surface area (Å²) < 4.78 is 5.60. The Balaban J connectivity index is 1.99. The van der Waals surface area contributed by atoms with E-state index in [4.69, 9.17) is 9.84 Å². The van der Waals surface area contributed by atoms with Crippen LogP contribution >= 0.6 is 11.3 Å². The lowest BCUT2D eigenvalue weighted by Gasteiger charge is -2.15. The van der Waals surface area contributed by atoms with E-state index in [1.54, 1.807) is 36.7 Å². The molecule has 21 heavy (non-hydrogen) atoms. The zero-order chi connectivity index (χ0) is 15.2. The highest BCUT2D eigenvalue weighted by Crippen LogP contribution is 2.21. The highest BCUT2D eigenvalue weighted by molar-refractivity contribution is 7.14. The standard InChI is InChI=1S/C15H18N2O3S/c1-3-13-15(21-9-16-13)17-14(19)10(2)20-12-6-4-5-11(7-12)8-18/h4-7,9-10,18H,3,8H2,1-2H3,(H,17,19). The lowest BCUT2D eigenvalue weighted by molar-refractivity contribution is -0.122. The van der Waals surface area contributed by atoms with Crippen LogP contribution in [0.2, 0.25) is 0 Å². The number of carbonyl (C=O) groups excluding carboxylic acids is 1. The van der Waals surface area contributed by atoms with Crippen molar-refractivity contribution in [2.45, 2.75) is 33.0 Å². The van der Waals surface area contributed by atoms with E-state index in [9.17, 15) is 4.79 Å². The Bertz CT molecular complexity index is 612. The van der Waals surface area contributed by atoms with Gasteiger partial charge < -0.3 is 15.2 Å². The summed E-state index contributed by atoms with van der Waals surface area (Å²) in [5.41, 5.74) is 3.34. The van der Waals surface area contributed by atoms with Crippen LogP contribution in [-0.2, 0) is 17.8 Å². The second-order valence-corrected chi connectivity index (χ2v) is 5.39. The van der Waals surface area contributed by atoms with Gasteiger partial charge in [-0.3, -0.25) is 4.79 Å². The smallest absolute Gasteiger partial charge is 0.265 e. The molecule has 1 atom stereocenters. The molecule has 0 bridgehead atoms. The molecular formula is C15H18N2O3S. The Hall–Kier alpha value is -1.92. The van der Waals surface area contributed by atoms with E-state index < -0.39 is 6.10 Å². The van der Waals surface area contributed by atoms with Crippen molar-refractivity contribution >= 4 is 22.2 Å². The van der Waals surface area contributed by atoms with Crippen molar-refractivity contribution in [3.63, 3.8) is 0 Å². The number of anilines is 1. The minimum Gasteiger partial charge on any atom is -0.481 e. The van der Waals surface area contributed by atoms with Crippen LogP contribution in [0.25, 0.3) is 0 Å². The van der Waals surface area contributed by atoms with Crippen molar-refractivity contribution in [1.29, 1.82) is 0 Å². The van der Waals surface area contributed by atoms with Gasteiger partial charge in [-0.1, -0.05) is 19.1 Å². The molecule has 0 fully saturated rings. The molecule has 0 aliphatic heterocycles. The SMILES string of the molecule is CCc1ncsc1NC(=O)C(C)Oc1cccc(CO)c1. The molecule has 0 radical (unpaired) electrons. The Morgan fingerprint density at radius 2 is 2.33 bits per heavy atom. The first-order valence-electron chi connectivity index (χ1n) is 6.73. The molecule has 2 rings (SSSR count). The highest BCUT2D eigenvalue weighted by atomic mass is 32.1. The lowest BCUT2D eigenvalue weighted by atomic mass is 10.2. The van der Waals surface area contributed by atoms with Crippen LogP contribution in [-0.4, -0.2) is 22.1 Å². The van der Waals surface area contributed by atoms with Gasteiger partial charge in [0.15, 0.2) is 6.10 Å². The van der Waals surface area contributed by atoms with Gasteiger partial charge in [0.2, 0.25) is 0 Å². The van der Waals surface area contributed by atoms with Gasteiger partial charge in [-0.05, 0) is 31.0 Å². The van der Waals surface area contributed by atoms with Crippen molar-refractivity contribution in [1.82, 2.24) is 4.98 Å². The van der Waals surface area contributed by atoms with Crippen molar-refractivity contribution in [3.05, 3.63) is 41.0 Å². The third-order valence-corrected chi connectivity index (χ3v) is 3.76. The first-order valence-corrected chi connectivity index (χ1v) is 7.61. The summed E-state index contributed by atoms with van der Waals surface area (Å²) in [7, 11) is 0. The number of nitrogens with one attached hydrogen (secondary N) is 1. The largest absolute Gasteiger partial charge is 0.481 e. The molecule has 0 saturated heterocycles. The van der Waals surface area contributed by atoms with E-state index in [0.29, 0.717) is 5.75 Å². The Labute approximate surface area is 127 Å². The number of thiazole rings is 1. The molecular weight excluding hydrogens is 288 g/mol. The number of carbonyl (C=O) groups is 1. The summed E-state index contributed by atoms with van der Waals surface area (Å²) in [6.07, 6.45) is 0.137. The molecule has 0 saturated carbocycles. The lowest BCUT2D eigenvalue weighted by Crippen LogP contribution is -2.30. The predicted octanol–water partition coefficient (Wildman–Crippen LogP) is 2.60. The number of rotatable bonds is 6. The highest BCUT2D eigenvalue weighted by Gasteiger charge is 2.17. The van der Waals surface area contributed by atoms with Crippen molar-refractivity contribution < 1.29 is 14.6 Å². The monoisotopic (exact) mass is 306 g/mol. The predicted molar refractivity (Wildman–Crippen MR) is 82.6 cm³/mol. The molecule has 0 aliphatic rings. The number of ether oxygens (including phenoxy) is 1. The van der Waals surface area contributed by atoms with Crippen molar-refractivity contribution in [2.75, 3.05) is 5.32 Å². The van der Waals surface area contributed by atoms with Crippen LogP contribution in [0.5, 0.6) is 5.75 Å². The minimum atomic E-state index is -0.634. The van der Waals surface area contributed by atoms with Gasteiger partial charge in [-0.2, -0.15) is 0 Å². The number of benzene rings is 1. The number of hydrogen-bond donors (Lipinski definition) is 2. The van der Waals surface area contributed by atoms with Crippen molar-refractivity contribution in [2.24, 2.45) is 0 Å². The van der Waals surface area contributed by atoms with E-state index >= 15 is 0 Å². The summed E-state index contributed by atoms with van der Waals surface area (Å²) in [4.78, 5) is 16.3. The van der Waals surface area contributed by atoms with Gasteiger partial charge in [0.25, 0.3) is 5.91 Å². The Morgan fingerprint density at radius 1 is 1.52 bits per heavy atom. The molecule has 5 nitrogen and oxygen atoms in total. The average Bonchev–Trinajstić information content (AvgIpc) is 2.94. The van der Waals surface area contributed by atoms with Crippen molar-refractivity contribution in [3.8, 4) is 5.75 Å². The van der Waals surface area contributed by atoms with Crippen LogP contribution in [0.15, 0.2) is 29.8 Å². The minimum absolute atomic E-state index is 0.0570. The number of hydrogen-bond acceptors (Lipinski definition) is 5. The van der Waals surface area contributed by atoms with Crippen LogP contribution < -0.4 is 10.1 Å². The summed E-state index contributed by atoms with van der Waals surface area (Å²) in [6, 6.07) is 7.05. The molecule has 0 spiro atoms. The van der Waals surface area contributed by atoms with Crippen LogP contribution in [0.3, 0.4) is 0 Å². The second-order valence-electron chi connectivity index (χ2n) is 4.54. The molecule has 1 unspecified atom stereocenters.